The van der Waals surface area contributed by atoms with Gasteiger partial charge in [0, 0.05) is 18.5 Å². The Balaban J connectivity index is 1.97. The second-order valence-electron chi connectivity index (χ2n) is 4.68. The summed E-state index contributed by atoms with van der Waals surface area (Å²) in [5.41, 5.74) is 4.13. The molecule has 20 heavy (non-hydrogen) atoms. The number of hydrogen-bond donors (Lipinski definition) is 2. The number of halogens is 3. The van der Waals surface area contributed by atoms with Crippen molar-refractivity contribution in [3.8, 4) is 0 Å². The van der Waals surface area contributed by atoms with Gasteiger partial charge in [-0.3, -0.25) is 4.79 Å². The highest BCUT2D eigenvalue weighted by Gasteiger charge is 2.35. The first-order valence-corrected chi connectivity index (χ1v) is 6.92. The number of rotatable bonds is 3. The molecule has 0 aromatic carbocycles. The number of aliphatic hydroxyl groups excluding tert-OH is 1. The van der Waals surface area contributed by atoms with Crippen LogP contribution in [0.25, 0.3) is 0 Å². The molecule has 5 nitrogen and oxygen atoms in total. The maximum atomic E-state index is 12.5. The molecule has 1 unspecified atom stereocenters. The second kappa shape index (κ2) is 5.57. The molecule has 0 aliphatic carbocycles. The predicted molar refractivity (Wildman–Crippen MR) is 67.3 cm³/mol. The third-order valence-electron chi connectivity index (χ3n) is 3.33. The third-order valence-corrected chi connectivity index (χ3v) is 4.23. The predicted octanol–water partition coefficient (Wildman–Crippen LogP) is 1.22. The minimum atomic E-state index is -4.44. The van der Waals surface area contributed by atoms with E-state index in [0.717, 1.165) is 16.7 Å². The Morgan fingerprint density at radius 2 is 2.10 bits per heavy atom. The van der Waals surface area contributed by atoms with Crippen molar-refractivity contribution in [2.24, 2.45) is 11.7 Å². The zero-order valence-corrected chi connectivity index (χ0v) is 11.2. The number of primary amides is 1. The molecule has 2 rings (SSSR count). The zero-order valence-electron chi connectivity index (χ0n) is 10.4. The van der Waals surface area contributed by atoms with E-state index in [-0.39, 0.29) is 5.92 Å². The van der Waals surface area contributed by atoms with Crippen molar-refractivity contribution >= 4 is 22.4 Å². The Morgan fingerprint density at radius 3 is 2.55 bits per heavy atom. The fourth-order valence-corrected chi connectivity index (χ4v) is 3.06. The highest BCUT2D eigenvalue weighted by molar-refractivity contribution is 7.13. The van der Waals surface area contributed by atoms with Crippen LogP contribution in [0.3, 0.4) is 0 Å². The van der Waals surface area contributed by atoms with E-state index in [1.54, 1.807) is 4.90 Å². The summed E-state index contributed by atoms with van der Waals surface area (Å²) in [6, 6.07) is 0. The van der Waals surface area contributed by atoms with Crippen molar-refractivity contribution in [1.82, 2.24) is 4.98 Å². The second-order valence-corrected chi connectivity index (χ2v) is 5.52. The van der Waals surface area contributed by atoms with Gasteiger partial charge in [-0.1, -0.05) is 0 Å². The van der Waals surface area contributed by atoms with E-state index < -0.39 is 23.9 Å². The van der Waals surface area contributed by atoms with E-state index in [9.17, 15) is 23.1 Å². The van der Waals surface area contributed by atoms with Gasteiger partial charge in [0.05, 0.1) is 0 Å². The Hall–Kier alpha value is -1.35. The molecular formula is C11H14F3N3O2S. The Bertz CT molecular complexity index is 484. The molecule has 1 aliphatic heterocycles. The fraction of sp³-hybridized carbons (Fsp3) is 0.636. The van der Waals surface area contributed by atoms with Gasteiger partial charge in [-0.05, 0) is 18.8 Å². The number of amides is 1. The standard InChI is InChI=1S/C11H14F3N3O2S/c12-11(13,14)7-5-20-10(16-7)17-3-1-6(2-4-17)8(18)9(15)19/h5-6,8,18H,1-4H2,(H2,15,19). The first kappa shape index (κ1) is 15.0. The monoisotopic (exact) mass is 309 g/mol. The van der Waals surface area contributed by atoms with Gasteiger partial charge in [0.2, 0.25) is 5.91 Å². The van der Waals surface area contributed by atoms with Crippen LogP contribution in [0.15, 0.2) is 5.38 Å². The smallest absolute Gasteiger partial charge is 0.383 e. The molecule has 0 bridgehead atoms. The first-order valence-electron chi connectivity index (χ1n) is 6.04. The van der Waals surface area contributed by atoms with Crippen molar-refractivity contribution in [2.45, 2.75) is 25.1 Å². The molecule has 1 saturated heterocycles. The van der Waals surface area contributed by atoms with E-state index in [1.807, 2.05) is 0 Å². The molecule has 1 atom stereocenters. The number of piperidine rings is 1. The summed E-state index contributed by atoms with van der Waals surface area (Å²) in [5, 5.41) is 10.9. The van der Waals surface area contributed by atoms with E-state index in [2.05, 4.69) is 4.98 Å². The summed E-state index contributed by atoms with van der Waals surface area (Å²) < 4.78 is 37.4. The van der Waals surface area contributed by atoms with Crippen LogP contribution in [0.4, 0.5) is 18.3 Å². The van der Waals surface area contributed by atoms with Crippen LogP contribution in [0.5, 0.6) is 0 Å². The van der Waals surface area contributed by atoms with Crippen LogP contribution >= 0.6 is 11.3 Å². The number of aliphatic hydroxyl groups is 1. The lowest BCUT2D eigenvalue weighted by molar-refractivity contribution is -0.140. The number of carbonyl (C=O) groups excluding carboxylic acids is 1. The first-order chi connectivity index (χ1) is 9.29. The lowest BCUT2D eigenvalue weighted by Gasteiger charge is -2.33. The molecule has 2 heterocycles. The number of alkyl halides is 3. The van der Waals surface area contributed by atoms with Gasteiger partial charge >= 0.3 is 6.18 Å². The van der Waals surface area contributed by atoms with Crippen LogP contribution < -0.4 is 10.6 Å². The summed E-state index contributed by atoms with van der Waals surface area (Å²) in [5.74, 6) is -1.01. The molecule has 1 fully saturated rings. The normalized spacial score (nSPS) is 19.1. The summed E-state index contributed by atoms with van der Waals surface area (Å²) in [6.07, 6.45) is -4.65. The summed E-state index contributed by atoms with van der Waals surface area (Å²) >= 11 is 0.940. The van der Waals surface area contributed by atoms with Gasteiger partial charge in [-0.2, -0.15) is 13.2 Å². The number of carbonyl (C=O) groups is 1. The average Bonchev–Trinajstić information content (AvgIpc) is 2.87. The van der Waals surface area contributed by atoms with Crippen molar-refractivity contribution in [2.75, 3.05) is 18.0 Å². The van der Waals surface area contributed by atoms with Crippen LogP contribution in [-0.2, 0) is 11.0 Å². The van der Waals surface area contributed by atoms with Crippen molar-refractivity contribution in [3.05, 3.63) is 11.1 Å². The number of thiazole rings is 1. The van der Waals surface area contributed by atoms with Crippen molar-refractivity contribution in [3.63, 3.8) is 0 Å². The molecule has 0 spiro atoms. The number of nitrogens with two attached hydrogens (primary N) is 1. The van der Waals surface area contributed by atoms with Crippen molar-refractivity contribution < 1.29 is 23.1 Å². The summed E-state index contributed by atoms with van der Waals surface area (Å²) in [6.45, 7) is 0.889. The lowest BCUT2D eigenvalue weighted by atomic mass is 9.91. The van der Waals surface area contributed by atoms with Gasteiger partial charge in [0.15, 0.2) is 10.8 Å². The molecule has 9 heteroatoms. The summed E-state index contributed by atoms with van der Waals surface area (Å²) in [7, 11) is 0. The van der Waals surface area contributed by atoms with Crippen LogP contribution in [0.2, 0.25) is 0 Å². The number of hydrogen-bond acceptors (Lipinski definition) is 5. The van der Waals surface area contributed by atoms with E-state index >= 15 is 0 Å². The van der Waals surface area contributed by atoms with E-state index in [4.69, 9.17) is 5.73 Å². The van der Waals surface area contributed by atoms with E-state index in [1.165, 1.54) is 0 Å². The van der Waals surface area contributed by atoms with Crippen LogP contribution in [-0.4, -0.2) is 35.2 Å². The molecule has 1 aromatic rings. The number of aromatic nitrogens is 1. The minimum Gasteiger partial charge on any atom is -0.383 e. The molecule has 1 aromatic heterocycles. The molecule has 1 amide bonds. The highest BCUT2D eigenvalue weighted by atomic mass is 32.1. The highest BCUT2D eigenvalue weighted by Crippen LogP contribution is 2.34. The van der Waals surface area contributed by atoms with Crippen molar-refractivity contribution in [1.29, 1.82) is 0 Å². The number of nitrogens with zero attached hydrogens (tertiary/aromatic N) is 2. The SMILES string of the molecule is NC(=O)C(O)C1CCN(c2nc(C(F)(F)F)cs2)CC1. The van der Waals surface area contributed by atoms with Gasteiger partial charge in [-0.25, -0.2) is 4.98 Å². The molecule has 0 radical (unpaired) electrons. The molecule has 1 aliphatic rings. The topological polar surface area (TPSA) is 79.5 Å². The lowest BCUT2D eigenvalue weighted by Crippen LogP contribution is -2.42. The Labute approximate surface area is 117 Å². The zero-order chi connectivity index (χ0) is 14.9. The van der Waals surface area contributed by atoms with E-state index in [0.29, 0.717) is 31.1 Å². The molecule has 3 N–H and O–H groups in total. The Kier molecular flexibility index (Phi) is 4.19. The average molecular weight is 309 g/mol. The van der Waals surface area contributed by atoms with Gasteiger partial charge in [-0.15, -0.1) is 11.3 Å². The minimum absolute atomic E-state index is 0.245. The maximum Gasteiger partial charge on any atom is 0.434 e. The largest absolute Gasteiger partial charge is 0.434 e. The fourth-order valence-electron chi connectivity index (χ4n) is 2.18. The van der Waals surface area contributed by atoms with Gasteiger partial charge < -0.3 is 15.7 Å². The maximum absolute atomic E-state index is 12.5. The van der Waals surface area contributed by atoms with Crippen LogP contribution in [0, 0.1) is 5.92 Å². The molecule has 112 valence electrons. The van der Waals surface area contributed by atoms with Gasteiger partial charge in [0.1, 0.15) is 6.10 Å². The molecule has 0 saturated carbocycles. The van der Waals surface area contributed by atoms with Crippen LogP contribution in [0.1, 0.15) is 18.5 Å². The quantitative estimate of drug-likeness (QED) is 0.880. The number of anilines is 1. The Morgan fingerprint density at radius 1 is 1.50 bits per heavy atom. The summed E-state index contributed by atoms with van der Waals surface area (Å²) in [4.78, 5) is 16.2. The third kappa shape index (κ3) is 3.21. The molecular weight excluding hydrogens is 295 g/mol. The van der Waals surface area contributed by atoms with Gasteiger partial charge in [0.25, 0.3) is 0 Å².